The second-order valence-corrected chi connectivity index (χ2v) is 9.46. The van der Waals surface area contributed by atoms with Crippen molar-refractivity contribution in [2.75, 3.05) is 32.7 Å². The van der Waals surface area contributed by atoms with Gasteiger partial charge in [-0.2, -0.15) is 0 Å². The van der Waals surface area contributed by atoms with E-state index in [1.165, 1.54) is 62.4 Å². The molecule has 0 amide bonds. The van der Waals surface area contributed by atoms with Gasteiger partial charge in [-0.3, -0.25) is 4.90 Å². The van der Waals surface area contributed by atoms with Crippen molar-refractivity contribution < 1.29 is 0 Å². The maximum atomic E-state index is 4.88. The van der Waals surface area contributed by atoms with Gasteiger partial charge < -0.3 is 9.47 Å². The molecule has 5 rings (SSSR count). The Morgan fingerprint density at radius 3 is 2.09 bits per heavy atom. The Morgan fingerprint density at radius 1 is 0.750 bits per heavy atom. The molecule has 0 spiro atoms. The summed E-state index contributed by atoms with van der Waals surface area (Å²) in [5.41, 5.74) is 2.89. The lowest BCUT2D eigenvalue weighted by atomic mass is 9.87. The Bertz CT molecular complexity index is 944. The minimum atomic E-state index is 0.451. The van der Waals surface area contributed by atoms with Crippen molar-refractivity contribution in [1.82, 2.24) is 19.4 Å². The molecule has 0 bridgehead atoms. The summed E-state index contributed by atoms with van der Waals surface area (Å²) in [6.07, 6.45) is 10.2. The van der Waals surface area contributed by atoms with Crippen LogP contribution in [0.3, 0.4) is 0 Å². The van der Waals surface area contributed by atoms with E-state index in [1.807, 2.05) is 6.20 Å². The van der Waals surface area contributed by atoms with Crippen LogP contribution in [0.15, 0.2) is 73.1 Å². The van der Waals surface area contributed by atoms with Gasteiger partial charge in [-0.05, 0) is 62.2 Å². The second kappa shape index (κ2) is 10.5. The van der Waals surface area contributed by atoms with Gasteiger partial charge in [0.15, 0.2) is 0 Å². The van der Waals surface area contributed by atoms with Crippen LogP contribution in [0, 0.1) is 5.92 Å². The molecule has 1 aromatic heterocycles. The van der Waals surface area contributed by atoms with E-state index in [4.69, 9.17) is 4.98 Å². The van der Waals surface area contributed by atoms with Crippen molar-refractivity contribution in [2.24, 2.45) is 5.92 Å². The van der Waals surface area contributed by atoms with Crippen molar-refractivity contribution in [2.45, 2.75) is 44.7 Å². The Kier molecular flexibility index (Phi) is 7.00. The lowest BCUT2D eigenvalue weighted by molar-refractivity contribution is 0.0855. The third kappa shape index (κ3) is 5.13. The van der Waals surface area contributed by atoms with Crippen LogP contribution in [0.1, 0.15) is 42.3 Å². The highest BCUT2D eigenvalue weighted by Gasteiger charge is 2.35. The lowest BCUT2D eigenvalue weighted by Crippen LogP contribution is -2.42. The summed E-state index contributed by atoms with van der Waals surface area (Å²) < 4.78 is 2.43. The van der Waals surface area contributed by atoms with E-state index in [2.05, 4.69) is 81.2 Å². The maximum absolute atomic E-state index is 4.88. The first kappa shape index (κ1) is 21.4. The SMILES string of the molecule is c1ccc(CCN2CCC(C3c4nccn4CCCN3CCc3ccccc3)CC2)cc1. The lowest BCUT2D eigenvalue weighted by Gasteiger charge is -2.40. The predicted octanol–water partition coefficient (Wildman–Crippen LogP) is 4.83. The average molecular weight is 429 g/mol. The fourth-order valence-corrected chi connectivity index (χ4v) is 5.62. The minimum Gasteiger partial charge on any atom is -0.334 e. The molecule has 4 heteroatoms. The molecule has 4 nitrogen and oxygen atoms in total. The molecule has 0 radical (unpaired) electrons. The van der Waals surface area contributed by atoms with Crippen molar-refractivity contribution in [3.63, 3.8) is 0 Å². The summed E-state index contributed by atoms with van der Waals surface area (Å²) >= 11 is 0. The number of hydrogen-bond donors (Lipinski definition) is 0. The van der Waals surface area contributed by atoms with E-state index >= 15 is 0 Å². The molecule has 2 aromatic carbocycles. The van der Waals surface area contributed by atoms with Gasteiger partial charge in [0, 0.05) is 38.6 Å². The highest BCUT2D eigenvalue weighted by Crippen LogP contribution is 2.36. The Hall–Kier alpha value is -2.43. The molecule has 1 atom stereocenters. The number of imidazole rings is 1. The first-order chi connectivity index (χ1) is 15.9. The van der Waals surface area contributed by atoms with Gasteiger partial charge in [0.05, 0.1) is 6.04 Å². The van der Waals surface area contributed by atoms with Crippen molar-refractivity contribution in [3.8, 4) is 0 Å². The molecule has 32 heavy (non-hydrogen) atoms. The molecule has 0 saturated carbocycles. The minimum absolute atomic E-state index is 0.451. The second-order valence-electron chi connectivity index (χ2n) is 9.46. The number of benzene rings is 2. The summed E-state index contributed by atoms with van der Waals surface area (Å²) in [6.45, 7) is 6.99. The van der Waals surface area contributed by atoms with Crippen LogP contribution in [-0.2, 0) is 19.4 Å². The molecular formula is C28H36N4. The van der Waals surface area contributed by atoms with Crippen molar-refractivity contribution in [1.29, 1.82) is 0 Å². The Morgan fingerprint density at radius 2 is 1.41 bits per heavy atom. The monoisotopic (exact) mass is 428 g/mol. The number of likely N-dealkylation sites (tertiary alicyclic amines) is 1. The van der Waals surface area contributed by atoms with Gasteiger partial charge in [-0.25, -0.2) is 4.98 Å². The van der Waals surface area contributed by atoms with Gasteiger partial charge in [-0.15, -0.1) is 0 Å². The quantitative estimate of drug-likeness (QED) is 0.539. The van der Waals surface area contributed by atoms with E-state index in [0.717, 1.165) is 25.9 Å². The van der Waals surface area contributed by atoms with Gasteiger partial charge in [0.25, 0.3) is 0 Å². The van der Waals surface area contributed by atoms with Crippen LogP contribution < -0.4 is 0 Å². The number of hydrogen-bond acceptors (Lipinski definition) is 3. The molecule has 2 aliphatic heterocycles. The number of fused-ring (bicyclic) bond motifs is 1. The molecule has 3 aromatic rings. The zero-order chi connectivity index (χ0) is 21.6. The molecular weight excluding hydrogens is 392 g/mol. The van der Waals surface area contributed by atoms with Gasteiger partial charge in [0.2, 0.25) is 0 Å². The Labute approximate surface area is 192 Å². The summed E-state index contributed by atoms with van der Waals surface area (Å²) in [5.74, 6) is 2.00. The summed E-state index contributed by atoms with van der Waals surface area (Å²) in [6, 6.07) is 22.3. The largest absolute Gasteiger partial charge is 0.334 e. The van der Waals surface area contributed by atoms with Crippen LogP contribution in [0.5, 0.6) is 0 Å². The zero-order valence-corrected chi connectivity index (χ0v) is 19.1. The fourth-order valence-electron chi connectivity index (χ4n) is 5.62. The molecule has 1 saturated heterocycles. The van der Waals surface area contributed by atoms with E-state index < -0.39 is 0 Å². The van der Waals surface area contributed by atoms with E-state index in [1.54, 1.807) is 0 Å². The standard InChI is InChI=1S/C28H36N4/c1-3-8-24(9-4-1)12-19-30-20-14-26(15-21-30)27-28-29-16-23-32(28)18-7-17-31(27)22-13-25-10-5-2-6-11-25/h1-6,8-11,16,23,26-27H,7,12-15,17-22H2. The number of piperidine rings is 1. The zero-order valence-electron chi connectivity index (χ0n) is 19.1. The average Bonchev–Trinajstić information content (AvgIpc) is 3.24. The first-order valence-electron chi connectivity index (χ1n) is 12.4. The van der Waals surface area contributed by atoms with Crippen LogP contribution in [-0.4, -0.2) is 52.1 Å². The maximum Gasteiger partial charge on any atom is 0.126 e. The topological polar surface area (TPSA) is 24.3 Å². The molecule has 1 fully saturated rings. The van der Waals surface area contributed by atoms with Gasteiger partial charge >= 0.3 is 0 Å². The highest BCUT2D eigenvalue weighted by atomic mass is 15.2. The number of aromatic nitrogens is 2. The van der Waals surface area contributed by atoms with Crippen molar-refractivity contribution >= 4 is 0 Å². The number of aryl methyl sites for hydroxylation is 1. The van der Waals surface area contributed by atoms with Gasteiger partial charge in [0.1, 0.15) is 5.82 Å². The van der Waals surface area contributed by atoms with E-state index in [9.17, 15) is 0 Å². The molecule has 2 aliphatic rings. The summed E-state index contributed by atoms with van der Waals surface area (Å²) in [7, 11) is 0. The molecule has 3 heterocycles. The molecule has 0 N–H and O–H groups in total. The van der Waals surface area contributed by atoms with E-state index in [-0.39, 0.29) is 0 Å². The molecule has 168 valence electrons. The number of rotatable bonds is 7. The summed E-state index contributed by atoms with van der Waals surface area (Å²) in [4.78, 5) is 10.3. The summed E-state index contributed by atoms with van der Waals surface area (Å²) in [5, 5.41) is 0. The van der Waals surface area contributed by atoms with E-state index in [0.29, 0.717) is 12.0 Å². The predicted molar refractivity (Wildman–Crippen MR) is 131 cm³/mol. The molecule has 0 aliphatic carbocycles. The van der Waals surface area contributed by atoms with Gasteiger partial charge in [-0.1, -0.05) is 60.7 Å². The van der Waals surface area contributed by atoms with Crippen molar-refractivity contribution in [3.05, 3.63) is 90.0 Å². The Balaban J connectivity index is 1.24. The van der Waals surface area contributed by atoms with Crippen LogP contribution >= 0.6 is 0 Å². The third-order valence-corrected chi connectivity index (χ3v) is 7.42. The van der Waals surface area contributed by atoms with Crippen LogP contribution in [0.25, 0.3) is 0 Å². The highest BCUT2D eigenvalue weighted by molar-refractivity contribution is 5.16. The fraction of sp³-hybridized carbons (Fsp3) is 0.464. The first-order valence-corrected chi connectivity index (χ1v) is 12.4. The normalized spacial score (nSPS) is 20.7. The molecule has 1 unspecified atom stereocenters. The van der Waals surface area contributed by atoms with Crippen LogP contribution in [0.4, 0.5) is 0 Å². The van der Waals surface area contributed by atoms with Crippen LogP contribution in [0.2, 0.25) is 0 Å². The third-order valence-electron chi connectivity index (χ3n) is 7.42. The smallest absolute Gasteiger partial charge is 0.126 e. The number of nitrogens with zero attached hydrogens (tertiary/aromatic N) is 4.